The fourth-order valence-electron chi connectivity index (χ4n) is 4.82. The normalized spacial score (nSPS) is 35.6. The van der Waals surface area contributed by atoms with Crippen LogP contribution in [0.5, 0.6) is 0 Å². The lowest BCUT2D eigenvalue weighted by Gasteiger charge is -2.22. The summed E-state index contributed by atoms with van der Waals surface area (Å²) < 4.78 is 5.05. The minimum absolute atomic E-state index is 0.498. The van der Waals surface area contributed by atoms with Crippen LogP contribution in [0.2, 0.25) is 0 Å². The van der Waals surface area contributed by atoms with Gasteiger partial charge in [-0.1, -0.05) is 0 Å². The third kappa shape index (κ3) is 2.15. The lowest BCUT2D eigenvalue weighted by atomic mass is 9.82. The number of likely N-dealkylation sites (tertiary alicyclic amines) is 1. The van der Waals surface area contributed by atoms with Gasteiger partial charge in [-0.25, -0.2) is 9.97 Å². The summed E-state index contributed by atoms with van der Waals surface area (Å²) >= 11 is 0. The van der Waals surface area contributed by atoms with E-state index in [2.05, 4.69) is 14.9 Å². The Bertz CT molecular complexity index is 457. The van der Waals surface area contributed by atoms with Crippen molar-refractivity contribution in [1.82, 2.24) is 14.9 Å². The number of methoxy groups -OCH3 is 1. The quantitative estimate of drug-likeness (QED) is 0.842. The fourth-order valence-corrected chi connectivity index (χ4v) is 4.82. The van der Waals surface area contributed by atoms with Crippen LogP contribution in [0, 0.1) is 23.7 Å². The Kier molecular flexibility index (Phi) is 3.23. The predicted molar refractivity (Wildman–Crippen MR) is 75.8 cm³/mol. The number of hydrogen-bond acceptors (Lipinski definition) is 4. The van der Waals surface area contributed by atoms with E-state index in [1.807, 2.05) is 12.4 Å². The van der Waals surface area contributed by atoms with E-state index in [4.69, 9.17) is 4.74 Å². The SMILES string of the molecule is COCc1ncc(CN2C[C@@H]3[C@@H]4CC[C@@H](C4)[C@@H]3C2)cn1. The summed E-state index contributed by atoms with van der Waals surface area (Å²) in [6.07, 6.45) is 8.44. The van der Waals surface area contributed by atoms with Crippen LogP contribution in [0.1, 0.15) is 30.7 Å². The molecule has 0 N–H and O–H groups in total. The highest BCUT2D eigenvalue weighted by atomic mass is 16.5. The maximum atomic E-state index is 5.05. The summed E-state index contributed by atoms with van der Waals surface area (Å²) in [6, 6.07) is 0. The average molecular weight is 273 g/mol. The molecular formula is C16H23N3O. The molecule has 0 spiro atoms. The van der Waals surface area contributed by atoms with Crippen molar-refractivity contribution < 1.29 is 4.74 Å². The molecule has 1 aromatic heterocycles. The van der Waals surface area contributed by atoms with Gasteiger partial charge >= 0.3 is 0 Å². The van der Waals surface area contributed by atoms with Gasteiger partial charge in [0.15, 0.2) is 5.82 Å². The molecule has 0 amide bonds. The standard InChI is InChI=1S/C16H23N3O/c1-20-10-16-17-5-11(6-18-16)7-19-8-14-12-2-3-13(4-12)15(14)9-19/h5-6,12-15H,2-4,7-10H2,1H3/t12-,13+,14-,15+. The topological polar surface area (TPSA) is 38.2 Å². The molecule has 0 radical (unpaired) electrons. The first-order valence-electron chi connectivity index (χ1n) is 7.84. The molecule has 4 nitrogen and oxygen atoms in total. The first-order chi connectivity index (χ1) is 9.83. The highest BCUT2D eigenvalue weighted by Crippen LogP contribution is 2.55. The average Bonchev–Trinajstić information content (AvgIpc) is 3.13. The fraction of sp³-hybridized carbons (Fsp3) is 0.750. The molecule has 1 saturated heterocycles. The van der Waals surface area contributed by atoms with Crippen LogP contribution >= 0.6 is 0 Å². The number of hydrogen-bond donors (Lipinski definition) is 0. The number of nitrogens with zero attached hydrogens (tertiary/aromatic N) is 3. The van der Waals surface area contributed by atoms with Crippen LogP contribution in [-0.2, 0) is 17.9 Å². The van der Waals surface area contributed by atoms with E-state index in [1.165, 1.54) is 37.9 Å². The Morgan fingerprint density at radius 3 is 2.40 bits per heavy atom. The molecule has 3 aliphatic rings. The molecule has 2 aliphatic carbocycles. The van der Waals surface area contributed by atoms with E-state index in [-0.39, 0.29) is 0 Å². The van der Waals surface area contributed by atoms with E-state index in [0.717, 1.165) is 36.0 Å². The lowest BCUT2D eigenvalue weighted by Crippen LogP contribution is -2.22. The van der Waals surface area contributed by atoms with Crippen LogP contribution in [0.3, 0.4) is 0 Å². The summed E-state index contributed by atoms with van der Waals surface area (Å²) in [6.45, 7) is 4.11. The molecule has 3 fully saturated rings. The van der Waals surface area contributed by atoms with Crippen molar-refractivity contribution in [3.8, 4) is 0 Å². The van der Waals surface area contributed by atoms with E-state index in [9.17, 15) is 0 Å². The molecule has 1 aliphatic heterocycles. The Hall–Kier alpha value is -1.00. The second-order valence-electron chi connectivity index (χ2n) is 6.80. The minimum Gasteiger partial charge on any atom is -0.377 e. The third-order valence-electron chi connectivity index (χ3n) is 5.65. The van der Waals surface area contributed by atoms with Gasteiger partial charge in [0, 0.05) is 44.7 Å². The van der Waals surface area contributed by atoms with Crippen LogP contribution in [0.25, 0.3) is 0 Å². The first kappa shape index (κ1) is 12.7. The summed E-state index contributed by atoms with van der Waals surface area (Å²) in [7, 11) is 1.68. The summed E-state index contributed by atoms with van der Waals surface area (Å²) in [4.78, 5) is 11.3. The van der Waals surface area contributed by atoms with E-state index < -0.39 is 0 Å². The Balaban J connectivity index is 1.38. The molecule has 2 bridgehead atoms. The molecule has 4 atom stereocenters. The predicted octanol–water partition coefficient (Wildman–Crippen LogP) is 2.10. The highest BCUT2D eigenvalue weighted by Gasteiger charge is 2.51. The molecular weight excluding hydrogens is 250 g/mol. The molecule has 0 unspecified atom stereocenters. The van der Waals surface area contributed by atoms with Crippen molar-refractivity contribution in [2.75, 3.05) is 20.2 Å². The Morgan fingerprint density at radius 2 is 1.80 bits per heavy atom. The largest absolute Gasteiger partial charge is 0.377 e. The maximum absolute atomic E-state index is 5.05. The minimum atomic E-state index is 0.498. The van der Waals surface area contributed by atoms with E-state index in [1.54, 1.807) is 7.11 Å². The van der Waals surface area contributed by atoms with Gasteiger partial charge in [0.25, 0.3) is 0 Å². The second-order valence-corrected chi connectivity index (χ2v) is 6.80. The summed E-state index contributed by atoms with van der Waals surface area (Å²) in [5, 5.41) is 0. The van der Waals surface area contributed by atoms with Gasteiger partial charge in [0.05, 0.1) is 0 Å². The molecule has 0 aromatic carbocycles. The van der Waals surface area contributed by atoms with Crippen molar-refractivity contribution in [2.45, 2.75) is 32.4 Å². The van der Waals surface area contributed by atoms with E-state index >= 15 is 0 Å². The zero-order valence-corrected chi connectivity index (χ0v) is 12.2. The summed E-state index contributed by atoms with van der Waals surface area (Å²) in [5.74, 6) is 4.82. The van der Waals surface area contributed by atoms with Gasteiger partial charge in [-0.05, 0) is 42.9 Å². The van der Waals surface area contributed by atoms with Crippen LogP contribution in [-0.4, -0.2) is 35.1 Å². The number of fused-ring (bicyclic) bond motifs is 5. The Morgan fingerprint density at radius 1 is 1.15 bits per heavy atom. The molecule has 4 heteroatoms. The molecule has 2 heterocycles. The van der Waals surface area contributed by atoms with Gasteiger partial charge in [-0.3, -0.25) is 4.90 Å². The molecule has 1 aromatic rings. The van der Waals surface area contributed by atoms with Crippen molar-refractivity contribution in [3.63, 3.8) is 0 Å². The van der Waals surface area contributed by atoms with Crippen LogP contribution in [0.15, 0.2) is 12.4 Å². The molecule has 4 rings (SSSR count). The van der Waals surface area contributed by atoms with Crippen LogP contribution in [0.4, 0.5) is 0 Å². The van der Waals surface area contributed by atoms with Crippen molar-refractivity contribution in [3.05, 3.63) is 23.8 Å². The lowest BCUT2D eigenvalue weighted by molar-refractivity contribution is 0.177. The number of rotatable bonds is 4. The zero-order valence-electron chi connectivity index (χ0n) is 12.2. The molecule has 108 valence electrons. The Labute approximate surface area is 120 Å². The van der Waals surface area contributed by atoms with Crippen molar-refractivity contribution in [2.24, 2.45) is 23.7 Å². The second kappa shape index (κ2) is 5.08. The first-order valence-corrected chi connectivity index (χ1v) is 7.84. The monoisotopic (exact) mass is 273 g/mol. The summed E-state index contributed by atoms with van der Waals surface area (Å²) in [5.41, 5.74) is 1.23. The van der Waals surface area contributed by atoms with Gasteiger partial charge < -0.3 is 4.74 Å². The maximum Gasteiger partial charge on any atom is 0.153 e. The van der Waals surface area contributed by atoms with Gasteiger partial charge in [-0.15, -0.1) is 0 Å². The van der Waals surface area contributed by atoms with Gasteiger partial charge in [0.2, 0.25) is 0 Å². The van der Waals surface area contributed by atoms with E-state index in [0.29, 0.717) is 6.61 Å². The van der Waals surface area contributed by atoms with Gasteiger partial charge in [0.1, 0.15) is 6.61 Å². The zero-order chi connectivity index (χ0) is 13.5. The van der Waals surface area contributed by atoms with Crippen molar-refractivity contribution in [1.29, 1.82) is 0 Å². The van der Waals surface area contributed by atoms with Crippen LogP contribution < -0.4 is 0 Å². The molecule has 2 saturated carbocycles. The molecule has 20 heavy (non-hydrogen) atoms. The smallest absolute Gasteiger partial charge is 0.153 e. The number of ether oxygens (including phenoxy) is 1. The van der Waals surface area contributed by atoms with Gasteiger partial charge in [-0.2, -0.15) is 0 Å². The third-order valence-corrected chi connectivity index (χ3v) is 5.65. The van der Waals surface area contributed by atoms with Crippen molar-refractivity contribution >= 4 is 0 Å². The number of aromatic nitrogens is 2. The highest BCUT2D eigenvalue weighted by molar-refractivity contribution is 5.08.